The van der Waals surface area contributed by atoms with E-state index in [4.69, 9.17) is 0 Å². The first-order valence-electron chi connectivity index (χ1n) is 7.55. The van der Waals surface area contributed by atoms with E-state index in [2.05, 4.69) is 19.2 Å². The van der Waals surface area contributed by atoms with Crippen LogP contribution in [-0.2, 0) is 9.59 Å². The maximum absolute atomic E-state index is 11.7. The average molecular weight is 282 g/mol. The number of amides is 2. The lowest BCUT2D eigenvalue weighted by molar-refractivity contribution is -0.125. The molecule has 0 aromatic rings. The van der Waals surface area contributed by atoms with Gasteiger partial charge in [-0.05, 0) is 38.7 Å². The van der Waals surface area contributed by atoms with Crippen LogP contribution in [0.4, 0.5) is 0 Å². The molecule has 0 heterocycles. The fourth-order valence-corrected chi connectivity index (χ4v) is 1.68. The molecule has 0 spiro atoms. The van der Waals surface area contributed by atoms with Crippen LogP contribution in [0.3, 0.4) is 0 Å². The van der Waals surface area contributed by atoms with E-state index in [1.165, 1.54) is 0 Å². The van der Waals surface area contributed by atoms with Gasteiger partial charge in [0.25, 0.3) is 0 Å². The summed E-state index contributed by atoms with van der Waals surface area (Å²) in [7, 11) is 1.80. The van der Waals surface area contributed by atoms with E-state index in [9.17, 15) is 9.59 Å². The smallest absolute Gasteiger partial charge is 0.245 e. The molecule has 0 saturated heterocycles. The first-order chi connectivity index (χ1) is 9.38. The maximum Gasteiger partial charge on any atom is 0.245 e. The molecule has 0 radical (unpaired) electrons. The van der Waals surface area contributed by atoms with Gasteiger partial charge in [0.05, 0.1) is 0 Å². The lowest BCUT2D eigenvalue weighted by Crippen LogP contribution is -2.35. The van der Waals surface area contributed by atoms with E-state index in [1.807, 2.05) is 13.8 Å². The van der Waals surface area contributed by atoms with Crippen molar-refractivity contribution in [2.75, 3.05) is 13.6 Å². The number of nitrogens with zero attached hydrogens (tertiary/aromatic N) is 1. The minimum Gasteiger partial charge on any atom is -0.353 e. The number of hydrogen-bond donors (Lipinski definition) is 1. The fraction of sp³-hybridized carbons (Fsp3) is 0.750. The summed E-state index contributed by atoms with van der Waals surface area (Å²) in [6.07, 6.45) is 6.68. The SMILES string of the molecule is C/C=C\C(=O)N(C)CCCCCC(=O)NC(C)C(C)C. The van der Waals surface area contributed by atoms with Crippen molar-refractivity contribution in [2.24, 2.45) is 5.92 Å². The Kier molecular flexibility index (Phi) is 9.77. The van der Waals surface area contributed by atoms with Gasteiger partial charge in [-0.1, -0.05) is 26.3 Å². The minimum atomic E-state index is 0.0380. The van der Waals surface area contributed by atoms with Crippen molar-refractivity contribution in [3.05, 3.63) is 12.2 Å². The molecule has 0 saturated carbocycles. The molecule has 1 N–H and O–H groups in total. The van der Waals surface area contributed by atoms with E-state index in [0.29, 0.717) is 12.3 Å². The Morgan fingerprint density at radius 2 is 1.80 bits per heavy atom. The molecular weight excluding hydrogens is 252 g/mol. The molecule has 2 amide bonds. The van der Waals surface area contributed by atoms with Crippen LogP contribution in [0.5, 0.6) is 0 Å². The van der Waals surface area contributed by atoms with Crippen LogP contribution in [0.2, 0.25) is 0 Å². The summed E-state index contributed by atoms with van der Waals surface area (Å²) in [5, 5.41) is 3.00. The number of carbonyl (C=O) groups is 2. The molecule has 0 aliphatic heterocycles. The largest absolute Gasteiger partial charge is 0.353 e. The summed E-state index contributed by atoms with van der Waals surface area (Å²) in [4.78, 5) is 24.8. The van der Waals surface area contributed by atoms with Gasteiger partial charge in [0, 0.05) is 26.1 Å². The van der Waals surface area contributed by atoms with Gasteiger partial charge in [-0.2, -0.15) is 0 Å². The molecule has 1 atom stereocenters. The molecule has 0 fully saturated rings. The molecule has 0 aromatic carbocycles. The molecule has 0 bridgehead atoms. The van der Waals surface area contributed by atoms with Crippen LogP contribution in [0, 0.1) is 5.92 Å². The molecule has 1 unspecified atom stereocenters. The van der Waals surface area contributed by atoms with Crippen molar-refractivity contribution in [3.8, 4) is 0 Å². The Morgan fingerprint density at radius 3 is 2.35 bits per heavy atom. The lowest BCUT2D eigenvalue weighted by Gasteiger charge is -2.17. The summed E-state index contributed by atoms with van der Waals surface area (Å²) in [6.45, 7) is 8.81. The second kappa shape index (κ2) is 10.5. The van der Waals surface area contributed by atoms with Gasteiger partial charge in [0.2, 0.25) is 11.8 Å². The molecule has 0 aromatic heterocycles. The van der Waals surface area contributed by atoms with E-state index in [1.54, 1.807) is 24.1 Å². The molecule has 0 rings (SSSR count). The summed E-state index contributed by atoms with van der Waals surface area (Å²) < 4.78 is 0. The normalized spacial score (nSPS) is 12.7. The highest BCUT2D eigenvalue weighted by Crippen LogP contribution is 2.04. The number of nitrogens with one attached hydrogen (secondary N) is 1. The Labute approximate surface area is 123 Å². The Bertz CT molecular complexity index is 324. The predicted molar refractivity (Wildman–Crippen MR) is 83.4 cm³/mol. The molecular formula is C16H30N2O2. The second-order valence-electron chi connectivity index (χ2n) is 5.67. The van der Waals surface area contributed by atoms with Gasteiger partial charge in [-0.15, -0.1) is 0 Å². The molecule has 0 aliphatic rings. The summed E-state index contributed by atoms with van der Waals surface area (Å²) in [6, 6.07) is 0.229. The van der Waals surface area contributed by atoms with Crippen molar-refractivity contribution < 1.29 is 9.59 Å². The fourth-order valence-electron chi connectivity index (χ4n) is 1.68. The van der Waals surface area contributed by atoms with Crippen LogP contribution >= 0.6 is 0 Å². The summed E-state index contributed by atoms with van der Waals surface area (Å²) >= 11 is 0. The standard InChI is InChI=1S/C16H30N2O2/c1-6-10-16(20)18(5)12-9-7-8-11-15(19)17-14(4)13(2)3/h6,10,13-14H,7-9,11-12H2,1-5H3,(H,17,19)/b10-6-. The summed E-state index contributed by atoms with van der Waals surface area (Å²) in [5.74, 6) is 0.630. The second-order valence-corrected chi connectivity index (χ2v) is 5.67. The van der Waals surface area contributed by atoms with E-state index >= 15 is 0 Å². The predicted octanol–water partition coefficient (Wildman–Crippen LogP) is 2.74. The van der Waals surface area contributed by atoms with Crippen LogP contribution in [0.1, 0.15) is 53.4 Å². The molecule has 20 heavy (non-hydrogen) atoms. The number of likely N-dealkylation sites (N-methyl/N-ethyl adjacent to an activating group) is 1. The monoisotopic (exact) mass is 282 g/mol. The lowest BCUT2D eigenvalue weighted by atomic mass is 10.1. The zero-order valence-electron chi connectivity index (χ0n) is 13.6. The molecule has 4 heteroatoms. The van der Waals surface area contributed by atoms with Gasteiger partial charge in [0.15, 0.2) is 0 Å². The third-order valence-corrected chi connectivity index (χ3v) is 3.47. The number of hydrogen-bond acceptors (Lipinski definition) is 2. The highest BCUT2D eigenvalue weighted by molar-refractivity contribution is 5.87. The van der Waals surface area contributed by atoms with Crippen LogP contribution in [0.15, 0.2) is 12.2 Å². The minimum absolute atomic E-state index is 0.0380. The van der Waals surface area contributed by atoms with Gasteiger partial charge in [0.1, 0.15) is 0 Å². The maximum atomic E-state index is 11.7. The number of carbonyl (C=O) groups excluding carboxylic acids is 2. The topological polar surface area (TPSA) is 49.4 Å². The Hall–Kier alpha value is -1.32. The van der Waals surface area contributed by atoms with E-state index < -0.39 is 0 Å². The molecule has 4 nitrogen and oxygen atoms in total. The van der Waals surface area contributed by atoms with Gasteiger partial charge in [-0.25, -0.2) is 0 Å². The quantitative estimate of drug-likeness (QED) is 0.522. The first-order valence-corrected chi connectivity index (χ1v) is 7.55. The van der Waals surface area contributed by atoms with Crippen molar-refractivity contribution >= 4 is 11.8 Å². The first kappa shape index (κ1) is 18.7. The number of unbranched alkanes of at least 4 members (excludes halogenated alkanes) is 2. The Balaban J connectivity index is 3.67. The molecule has 116 valence electrons. The van der Waals surface area contributed by atoms with E-state index in [-0.39, 0.29) is 17.9 Å². The highest BCUT2D eigenvalue weighted by atomic mass is 16.2. The van der Waals surface area contributed by atoms with Crippen molar-refractivity contribution in [3.63, 3.8) is 0 Å². The van der Waals surface area contributed by atoms with Crippen molar-refractivity contribution in [1.29, 1.82) is 0 Å². The van der Waals surface area contributed by atoms with Crippen LogP contribution in [-0.4, -0.2) is 36.3 Å². The zero-order chi connectivity index (χ0) is 15.5. The number of rotatable bonds is 9. The van der Waals surface area contributed by atoms with Crippen molar-refractivity contribution in [2.45, 2.75) is 59.4 Å². The molecule has 0 aliphatic carbocycles. The third kappa shape index (κ3) is 8.73. The number of allylic oxidation sites excluding steroid dienone is 1. The van der Waals surface area contributed by atoms with Gasteiger partial charge >= 0.3 is 0 Å². The van der Waals surface area contributed by atoms with Crippen LogP contribution in [0.25, 0.3) is 0 Å². The summed E-state index contributed by atoms with van der Waals surface area (Å²) in [5.41, 5.74) is 0. The van der Waals surface area contributed by atoms with E-state index in [0.717, 1.165) is 25.8 Å². The van der Waals surface area contributed by atoms with Gasteiger partial charge < -0.3 is 10.2 Å². The average Bonchev–Trinajstić information content (AvgIpc) is 2.38. The van der Waals surface area contributed by atoms with Crippen LogP contribution < -0.4 is 5.32 Å². The zero-order valence-corrected chi connectivity index (χ0v) is 13.6. The Morgan fingerprint density at radius 1 is 1.15 bits per heavy atom. The highest BCUT2D eigenvalue weighted by Gasteiger charge is 2.10. The van der Waals surface area contributed by atoms with Crippen molar-refractivity contribution in [1.82, 2.24) is 10.2 Å². The third-order valence-electron chi connectivity index (χ3n) is 3.47. The van der Waals surface area contributed by atoms with Gasteiger partial charge in [-0.3, -0.25) is 9.59 Å².